The maximum Gasteiger partial charge on any atom is 0.410 e. The summed E-state index contributed by atoms with van der Waals surface area (Å²) < 4.78 is 22.5. The number of carboxylic acid groups (broad SMARTS) is 1. The highest BCUT2D eigenvalue weighted by molar-refractivity contribution is 5.84. The van der Waals surface area contributed by atoms with Gasteiger partial charge in [-0.25, -0.2) is 18.8 Å². The van der Waals surface area contributed by atoms with E-state index in [-0.39, 0.29) is 12.3 Å². The van der Waals surface area contributed by atoms with Gasteiger partial charge in [0, 0.05) is 7.05 Å². The van der Waals surface area contributed by atoms with E-state index >= 15 is 0 Å². The summed E-state index contributed by atoms with van der Waals surface area (Å²) in [5.74, 6) is -2.53. The zero-order valence-corrected chi connectivity index (χ0v) is 14.5. The average molecular weight is 335 g/mol. The van der Waals surface area contributed by atoms with Crippen molar-refractivity contribution in [1.82, 2.24) is 4.90 Å². The van der Waals surface area contributed by atoms with Gasteiger partial charge in [-0.1, -0.05) is 13.8 Å². The van der Waals surface area contributed by atoms with E-state index in [1.54, 1.807) is 20.8 Å². The van der Waals surface area contributed by atoms with Crippen molar-refractivity contribution < 1.29 is 33.4 Å². The Morgan fingerprint density at radius 2 is 1.74 bits per heavy atom. The van der Waals surface area contributed by atoms with Crippen LogP contribution in [0.4, 0.5) is 9.18 Å². The maximum absolute atomic E-state index is 12.6. The van der Waals surface area contributed by atoms with Crippen LogP contribution in [0.15, 0.2) is 0 Å². The monoisotopic (exact) mass is 335 g/mol. The van der Waals surface area contributed by atoms with Crippen LogP contribution in [0.3, 0.4) is 0 Å². The van der Waals surface area contributed by atoms with E-state index in [0.717, 1.165) is 4.90 Å². The number of ether oxygens (including phenoxy) is 2. The van der Waals surface area contributed by atoms with Gasteiger partial charge in [-0.15, -0.1) is 0 Å². The average Bonchev–Trinajstić information content (AvgIpc) is 2.38. The van der Waals surface area contributed by atoms with Crippen LogP contribution < -0.4 is 0 Å². The predicted octanol–water partition coefficient (Wildman–Crippen LogP) is 2.23. The van der Waals surface area contributed by atoms with Gasteiger partial charge in [0.05, 0.1) is 0 Å². The van der Waals surface area contributed by atoms with E-state index in [1.807, 2.05) is 13.8 Å². The van der Waals surface area contributed by atoms with Crippen LogP contribution in [-0.2, 0) is 19.1 Å². The number of aliphatic carboxylic acids is 1. The second kappa shape index (κ2) is 8.69. The zero-order chi connectivity index (χ0) is 18.4. The number of alkyl halides is 1. The van der Waals surface area contributed by atoms with Gasteiger partial charge in [0.15, 0.2) is 0 Å². The summed E-state index contributed by atoms with van der Waals surface area (Å²) >= 11 is 0. The Labute approximate surface area is 135 Å². The second-order valence-electron chi connectivity index (χ2n) is 6.65. The van der Waals surface area contributed by atoms with Gasteiger partial charge in [0.25, 0.3) is 0 Å². The van der Waals surface area contributed by atoms with Gasteiger partial charge in [0.1, 0.15) is 18.3 Å². The fourth-order valence-corrected chi connectivity index (χ4v) is 1.69. The molecule has 0 spiro atoms. The third-order valence-electron chi connectivity index (χ3n) is 2.79. The number of nitrogens with zero attached hydrogens (tertiary/aromatic N) is 1. The molecule has 7 nitrogen and oxygen atoms in total. The van der Waals surface area contributed by atoms with Crippen molar-refractivity contribution in [2.24, 2.45) is 5.92 Å². The lowest BCUT2D eigenvalue weighted by Crippen LogP contribution is -2.47. The molecule has 23 heavy (non-hydrogen) atoms. The Balaban J connectivity index is 5.15. The lowest BCUT2D eigenvalue weighted by molar-refractivity contribution is -0.168. The Morgan fingerprint density at radius 3 is 2.09 bits per heavy atom. The van der Waals surface area contributed by atoms with Crippen LogP contribution >= 0.6 is 0 Å². The van der Waals surface area contributed by atoms with Gasteiger partial charge >= 0.3 is 18.0 Å². The molecule has 0 bridgehead atoms. The van der Waals surface area contributed by atoms with Gasteiger partial charge in [-0.2, -0.15) is 0 Å². The molecule has 0 aromatic heterocycles. The van der Waals surface area contributed by atoms with Gasteiger partial charge in [-0.05, 0) is 33.1 Å². The Hall–Kier alpha value is -1.86. The minimum Gasteiger partial charge on any atom is -0.478 e. The normalized spacial score (nSPS) is 14.1. The highest BCUT2D eigenvalue weighted by Crippen LogP contribution is 2.17. The van der Waals surface area contributed by atoms with Crippen LogP contribution in [0, 0.1) is 5.92 Å². The maximum atomic E-state index is 12.6. The first-order valence-corrected chi connectivity index (χ1v) is 7.34. The second-order valence-corrected chi connectivity index (χ2v) is 6.65. The molecule has 1 amide bonds. The number of carbonyl (C=O) groups excluding carboxylic acids is 2. The number of halogens is 1. The molecule has 0 rings (SSSR count). The molecule has 0 fully saturated rings. The van der Waals surface area contributed by atoms with E-state index in [9.17, 15) is 18.8 Å². The van der Waals surface area contributed by atoms with E-state index in [4.69, 9.17) is 9.84 Å². The highest BCUT2D eigenvalue weighted by Gasteiger charge is 2.34. The number of amides is 1. The van der Waals surface area contributed by atoms with Crippen molar-refractivity contribution in [3.05, 3.63) is 0 Å². The third kappa shape index (κ3) is 7.80. The number of esters is 1. The number of likely N-dealkylation sites (N-methyl/N-ethyl adjacent to an activating group) is 1. The number of hydrogen-bond acceptors (Lipinski definition) is 5. The Morgan fingerprint density at radius 1 is 1.22 bits per heavy atom. The summed E-state index contributed by atoms with van der Waals surface area (Å²) in [7, 11) is 1.35. The summed E-state index contributed by atoms with van der Waals surface area (Å²) in [5.41, 5.74) is -0.750. The molecule has 134 valence electrons. The summed E-state index contributed by atoms with van der Waals surface area (Å²) in [6, 6.07) is -1.06. The van der Waals surface area contributed by atoms with Crippen LogP contribution in [0.5, 0.6) is 0 Å². The lowest BCUT2D eigenvalue weighted by atomic mass is 10.0. The van der Waals surface area contributed by atoms with Crippen molar-refractivity contribution in [3.63, 3.8) is 0 Å². The lowest BCUT2D eigenvalue weighted by Gasteiger charge is -2.30. The first-order chi connectivity index (χ1) is 10.4. The van der Waals surface area contributed by atoms with Crippen molar-refractivity contribution in [3.8, 4) is 0 Å². The first kappa shape index (κ1) is 21.1. The molecule has 0 heterocycles. The van der Waals surface area contributed by atoms with E-state index in [2.05, 4.69) is 4.74 Å². The molecule has 0 aliphatic heterocycles. The smallest absolute Gasteiger partial charge is 0.410 e. The van der Waals surface area contributed by atoms with Gasteiger partial charge in [-0.3, -0.25) is 4.90 Å². The third-order valence-corrected chi connectivity index (χ3v) is 2.79. The SMILES string of the molecule is CC(C)CC(C(=O)OC(CF)C(=O)O)N(C)C(=O)OC(C)(C)C. The van der Waals surface area contributed by atoms with Crippen molar-refractivity contribution >= 4 is 18.0 Å². The van der Waals surface area contributed by atoms with Gasteiger partial charge in [0.2, 0.25) is 6.10 Å². The van der Waals surface area contributed by atoms with Gasteiger partial charge < -0.3 is 14.6 Å². The minimum absolute atomic E-state index is 0.0195. The standard InChI is InChI=1S/C15H26FNO6/c1-9(2)7-10(13(20)22-11(8-16)12(18)19)17(6)14(21)23-15(3,4)5/h9-11H,7-8H2,1-6H3,(H,18,19). The zero-order valence-electron chi connectivity index (χ0n) is 14.5. The molecule has 0 radical (unpaired) electrons. The van der Waals surface area contributed by atoms with Crippen molar-refractivity contribution in [2.45, 2.75) is 58.8 Å². The summed E-state index contributed by atoms with van der Waals surface area (Å²) in [5, 5.41) is 8.76. The molecule has 8 heteroatoms. The van der Waals surface area contributed by atoms with E-state index in [0.29, 0.717) is 0 Å². The molecular weight excluding hydrogens is 309 g/mol. The van der Waals surface area contributed by atoms with Crippen molar-refractivity contribution in [2.75, 3.05) is 13.7 Å². The quantitative estimate of drug-likeness (QED) is 0.717. The number of hydrogen-bond donors (Lipinski definition) is 1. The highest BCUT2D eigenvalue weighted by atomic mass is 19.1. The topological polar surface area (TPSA) is 93.1 Å². The summed E-state index contributed by atoms with van der Waals surface area (Å²) in [6.45, 7) is 7.35. The summed E-state index contributed by atoms with van der Waals surface area (Å²) in [4.78, 5) is 36.1. The molecule has 0 aromatic rings. The predicted molar refractivity (Wildman–Crippen MR) is 80.7 cm³/mol. The molecule has 0 aromatic carbocycles. The van der Waals surface area contributed by atoms with Crippen LogP contribution in [0.1, 0.15) is 41.0 Å². The molecule has 1 N–H and O–H groups in total. The molecule has 0 aliphatic carbocycles. The van der Waals surface area contributed by atoms with E-state index < -0.39 is 42.5 Å². The Kier molecular flexibility index (Phi) is 7.99. The fourth-order valence-electron chi connectivity index (χ4n) is 1.69. The van der Waals surface area contributed by atoms with E-state index in [1.165, 1.54) is 7.05 Å². The number of carbonyl (C=O) groups is 3. The van der Waals surface area contributed by atoms with Crippen LogP contribution in [0.25, 0.3) is 0 Å². The fraction of sp³-hybridized carbons (Fsp3) is 0.800. The van der Waals surface area contributed by atoms with Crippen molar-refractivity contribution in [1.29, 1.82) is 0 Å². The number of rotatable bonds is 7. The molecule has 2 unspecified atom stereocenters. The summed E-state index contributed by atoms with van der Waals surface area (Å²) in [6.07, 6.45) is -2.40. The number of carboxylic acids is 1. The molecular formula is C15H26FNO6. The van der Waals surface area contributed by atoms with Crippen LogP contribution in [0.2, 0.25) is 0 Å². The molecule has 0 saturated heterocycles. The Bertz CT molecular complexity index is 432. The largest absolute Gasteiger partial charge is 0.478 e. The van der Waals surface area contributed by atoms with Crippen LogP contribution in [-0.4, -0.2) is 59.5 Å². The molecule has 2 atom stereocenters. The molecule has 0 saturated carbocycles. The molecule has 0 aliphatic rings. The minimum atomic E-state index is -1.89. The first-order valence-electron chi connectivity index (χ1n) is 7.34.